The minimum atomic E-state index is 0.483. The lowest BCUT2D eigenvalue weighted by Crippen LogP contribution is -2.34. The summed E-state index contributed by atoms with van der Waals surface area (Å²) in [4.78, 5) is 4.20. The van der Waals surface area contributed by atoms with Crippen molar-refractivity contribution in [3.63, 3.8) is 0 Å². The molecule has 0 saturated carbocycles. The predicted molar refractivity (Wildman–Crippen MR) is 41.7 cm³/mol. The van der Waals surface area contributed by atoms with Crippen molar-refractivity contribution in [2.45, 2.75) is 12.8 Å². The highest BCUT2D eigenvalue weighted by Gasteiger charge is 2.04. The second-order valence-corrected chi connectivity index (χ2v) is 2.50. The summed E-state index contributed by atoms with van der Waals surface area (Å²) in [6, 6.07) is 1.91. The largest absolute Gasteiger partial charge is 0.298 e. The van der Waals surface area contributed by atoms with E-state index < -0.39 is 0 Å². The highest BCUT2D eigenvalue weighted by molar-refractivity contribution is 4.80. The zero-order valence-corrected chi connectivity index (χ0v) is 6.75. The van der Waals surface area contributed by atoms with Gasteiger partial charge in [-0.3, -0.25) is 5.73 Å². The van der Waals surface area contributed by atoms with Crippen molar-refractivity contribution in [3.05, 3.63) is 24.3 Å². The smallest absolute Gasteiger partial charge is 0.258 e. The maximum Gasteiger partial charge on any atom is 0.298 e. The zero-order valence-electron chi connectivity index (χ0n) is 6.75. The molecule has 1 aromatic heterocycles. The number of aromatic nitrogens is 2. The molecule has 0 aliphatic carbocycles. The van der Waals surface area contributed by atoms with Crippen molar-refractivity contribution >= 4 is 0 Å². The minimum absolute atomic E-state index is 0.483. The van der Waals surface area contributed by atoms with E-state index >= 15 is 0 Å². The quantitative estimate of drug-likeness (QED) is 0.566. The second kappa shape index (κ2) is 4.03. The lowest BCUT2D eigenvalue weighted by Gasteiger charge is -1.94. The fourth-order valence-electron chi connectivity index (χ4n) is 0.961. The molecule has 3 heteroatoms. The van der Waals surface area contributed by atoms with Gasteiger partial charge in [0.05, 0.1) is 19.7 Å². The van der Waals surface area contributed by atoms with Crippen LogP contribution in [0.1, 0.15) is 12.2 Å². The van der Waals surface area contributed by atoms with Gasteiger partial charge in [0.1, 0.15) is 6.20 Å². The summed E-state index contributed by atoms with van der Waals surface area (Å²) in [5.74, 6) is 1.06. The number of nitrogens with one attached hydrogen (secondary N) is 1. The third-order valence-corrected chi connectivity index (χ3v) is 1.60. The number of hydrogen-bond donors (Lipinski definition) is 0. The maximum atomic E-state index is 6.99. The summed E-state index contributed by atoms with van der Waals surface area (Å²) in [5, 5.41) is 0. The van der Waals surface area contributed by atoms with Crippen LogP contribution in [0.4, 0.5) is 0 Å². The predicted octanol–water partition coefficient (Wildman–Crippen LogP) is 0.122. The van der Waals surface area contributed by atoms with Gasteiger partial charge in [-0.1, -0.05) is 4.98 Å². The molecule has 59 valence electrons. The Bertz CT molecular complexity index is 222. The summed E-state index contributed by atoms with van der Waals surface area (Å²) in [5.41, 5.74) is 6.99. The first-order valence-electron chi connectivity index (χ1n) is 3.78. The Balaban J connectivity index is 2.62. The van der Waals surface area contributed by atoms with Crippen LogP contribution in [0.25, 0.3) is 0 Å². The van der Waals surface area contributed by atoms with E-state index in [0.717, 1.165) is 18.7 Å². The Morgan fingerprint density at radius 2 is 2.45 bits per heavy atom. The first kappa shape index (κ1) is 8.14. The number of aryl methyl sites for hydroxylation is 2. The van der Waals surface area contributed by atoms with E-state index in [1.54, 1.807) is 6.20 Å². The third-order valence-electron chi connectivity index (χ3n) is 1.60. The minimum Gasteiger partial charge on any atom is -0.258 e. The second-order valence-electron chi connectivity index (χ2n) is 2.50. The molecule has 0 aliphatic heterocycles. The van der Waals surface area contributed by atoms with Crippen LogP contribution in [0.2, 0.25) is 0 Å². The van der Waals surface area contributed by atoms with Gasteiger partial charge < -0.3 is 0 Å². The molecular weight excluding hydrogens is 138 g/mol. The van der Waals surface area contributed by atoms with Crippen molar-refractivity contribution in [1.82, 2.24) is 10.7 Å². The molecule has 1 aromatic rings. The van der Waals surface area contributed by atoms with Gasteiger partial charge in [0.25, 0.3) is 5.82 Å². The highest BCUT2D eigenvalue weighted by atomic mass is 15.0. The summed E-state index contributed by atoms with van der Waals surface area (Å²) in [7, 11) is 1.98. The van der Waals surface area contributed by atoms with Gasteiger partial charge in [0.2, 0.25) is 0 Å². The third kappa shape index (κ3) is 2.27. The van der Waals surface area contributed by atoms with Crippen molar-refractivity contribution < 1.29 is 4.57 Å². The molecule has 1 heterocycles. The van der Waals surface area contributed by atoms with Gasteiger partial charge in [0.15, 0.2) is 0 Å². The molecular formula is C8H13N3+. The summed E-state index contributed by atoms with van der Waals surface area (Å²) >= 11 is 0. The summed E-state index contributed by atoms with van der Waals surface area (Å²) in [6.45, 7) is 0.483. The fraction of sp³-hybridized carbons (Fsp3) is 0.500. The van der Waals surface area contributed by atoms with Gasteiger partial charge in [-0.25, -0.2) is 4.57 Å². The first-order chi connectivity index (χ1) is 5.34. The normalized spacial score (nSPS) is 10.0. The molecule has 0 bridgehead atoms. The standard InChI is InChI=1S/C8H13N3/c1-11-7-3-6-10-8(11)4-2-5-9/h3,6-7,9H,2,4-5H2,1H3/q+1. The van der Waals surface area contributed by atoms with E-state index in [-0.39, 0.29) is 0 Å². The molecule has 1 N–H and O–H groups in total. The average molecular weight is 151 g/mol. The Morgan fingerprint density at radius 1 is 1.64 bits per heavy atom. The van der Waals surface area contributed by atoms with Gasteiger partial charge in [0, 0.05) is 12.6 Å². The van der Waals surface area contributed by atoms with E-state index in [1.807, 2.05) is 23.9 Å². The lowest BCUT2D eigenvalue weighted by molar-refractivity contribution is -0.682. The molecule has 0 amide bonds. The molecule has 0 aliphatic rings. The molecule has 0 unspecified atom stereocenters. The molecule has 1 rings (SSSR count). The first-order valence-corrected chi connectivity index (χ1v) is 3.78. The maximum absolute atomic E-state index is 6.99. The Hall–Kier alpha value is -0.960. The SMILES string of the molecule is C[n+]1cccnc1CCC[NH]. The van der Waals surface area contributed by atoms with E-state index in [9.17, 15) is 0 Å². The van der Waals surface area contributed by atoms with Crippen LogP contribution in [0.15, 0.2) is 18.5 Å². The van der Waals surface area contributed by atoms with Gasteiger partial charge in [-0.2, -0.15) is 0 Å². The topological polar surface area (TPSA) is 40.6 Å². The van der Waals surface area contributed by atoms with Gasteiger partial charge in [-0.15, -0.1) is 0 Å². The van der Waals surface area contributed by atoms with Gasteiger partial charge in [-0.05, 0) is 6.42 Å². The average Bonchev–Trinajstić information content (AvgIpc) is 2.03. The monoisotopic (exact) mass is 151 g/mol. The number of nitrogens with zero attached hydrogens (tertiary/aromatic N) is 2. The summed E-state index contributed by atoms with van der Waals surface area (Å²) < 4.78 is 2.00. The van der Waals surface area contributed by atoms with E-state index in [1.165, 1.54) is 0 Å². The van der Waals surface area contributed by atoms with E-state index in [0.29, 0.717) is 6.54 Å². The molecule has 0 aromatic carbocycles. The van der Waals surface area contributed by atoms with Crippen molar-refractivity contribution in [3.8, 4) is 0 Å². The van der Waals surface area contributed by atoms with Crippen LogP contribution in [-0.4, -0.2) is 11.5 Å². The Kier molecular flexibility index (Phi) is 2.98. The molecule has 0 spiro atoms. The van der Waals surface area contributed by atoms with Gasteiger partial charge >= 0.3 is 0 Å². The van der Waals surface area contributed by atoms with Crippen LogP contribution in [0, 0.1) is 0 Å². The van der Waals surface area contributed by atoms with Crippen LogP contribution in [0.3, 0.4) is 0 Å². The fourth-order valence-corrected chi connectivity index (χ4v) is 0.961. The van der Waals surface area contributed by atoms with Crippen molar-refractivity contribution in [2.24, 2.45) is 7.05 Å². The zero-order chi connectivity index (χ0) is 8.10. The van der Waals surface area contributed by atoms with Crippen LogP contribution >= 0.6 is 0 Å². The summed E-state index contributed by atoms with van der Waals surface area (Å²) in [6.07, 6.45) is 5.57. The van der Waals surface area contributed by atoms with Crippen LogP contribution in [-0.2, 0) is 13.5 Å². The van der Waals surface area contributed by atoms with Crippen molar-refractivity contribution in [2.75, 3.05) is 6.54 Å². The molecule has 1 radical (unpaired) electrons. The molecule has 3 nitrogen and oxygen atoms in total. The lowest BCUT2D eigenvalue weighted by atomic mass is 10.3. The molecule has 0 fully saturated rings. The number of rotatable bonds is 3. The molecule has 0 atom stereocenters. The molecule has 11 heavy (non-hydrogen) atoms. The molecule has 0 saturated heterocycles. The Labute approximate surface area is 66.9 Å². The van der Waals surface area contributed by atoms with E-state index in [4.69, 9.17) is 5.73 Å². The van der Waals surface area contributed by atoms with Crippen LogP contribution < -0.4 is 10.3 Å². The van der Waals surface area contributed by atoms with Crippen molar-refractivity contribution in [1.29, 1.82) is 0 Å². The van der Waals surface area contributed by atoms with Crippen LogP contribution in [0.5, 0.6) is 0 Å². The highest BCUT2D eigenvalue weighted by Crippen LogP contribution is 1.89. The van der Waals surface area contributed by atoms with E-state index in [2.05, 4.69) is 4.98 Å². The number of hydrogen-bond acceptors (Lipinski definition) is 1. The Morgan fingerprint density at radius 3 is 3.09 bits per heavy atom.